The minimum Gasteiger partial charge on any atom is -0.339 e. The van der Waals surface area contributed by atoms with Gasteiger partial charge >= 0.3 is 11.8 Å². The van der Waals surface area contributed by atoms with Crippen LogP contribution in [0.3, 0.4) is 0 Å². The molecule has 0 saturated carbocycles. The summed E-state index contributed by atoms with van der Waals surface area (Å²) in [5.74, 6) is -1.30. The van der Waals surface area contributed by atoms with Crippen molar-refractivity contribution in [1.82, 2.24) is 14.7 Å². The smallest absolute Gasteiger partial charge is 0.312 e. The molecule has 170 valence electrons. The van der Waals surface area contributed by atoms with E-state index in [1.54, 1.807) is 21.9 Å². The van der Waals surface area contributed by atoms with Crippen LogP contribution in [-0.4, -0.2) is 84.1 Å². The highest BCUT2D eigenvalue weighted by molar-refractivity contribution is 6.35. The van der Waals surface area contributed by atoms with E-state index in [2.05, 4.69) is 6.07 Å². The van der Waals surface area contributed by atoms with E-state index < -0.39 is 11.8 Å². The van der Waals surface area contributed by atoms with Crippen molar-refractivity contribution in [1.29, 1.82) is 5.26 Å². The van der Waals surface area contributed by atoms with E-state index in [1.165, 1.54) is 9.80 Å². The minimum atomic E-state index is -0.495. The summed E-state index contributed by atoms with van der Waals surface area (Å²) in [5, 5.41) is 8.89. The molecule has 2 saturated heterocycles. The lowest BCUT2D eigenvalue weighted by Crippen LogP contribution is -2.54. The first-order valence-electron chi connectivity index (χ1n) is 11.1. The molecule has 3 rings (SSSR count). The molecule has 0 radical (unpaired) electrons. The van der Waals surface area contributed by atoms with E-state index in [9.17, 15) is 19.2 Å². The number of carbonyl (C=O) groups excluding carboxylic acids is 4. The summed E-state index contributed by atoms with van der Waals surface area (Å²) < 4.78 is 0. The van der Waals surface area contributed by atoms with Crippen molar-refractivity contribution >= 4 is 29.3 Å². The maximum atomic E-state index is 12.7. The zero-order valence-electron chi connectivity index (χ0n) is 18.2. The highest BCUT2D eigenvalue weighted by Gasteiger charge is 2.31. The van der Waals surface area contributed by atoms with E-state index >= 15 is 0 Å². The van der Waals surface area contributed by atoms with Crippen molar-refractivity contribution in [2.45, 2.75) is 32.1 Å². The van der Waals surface area contributed by atoms with E-state index in [0.29, 0.717) is 45.0 Å². The summed E-state index contributed by atoms with van der Waals surface area (Å²) in [6, 6.07) is 11.1. The van der Waals surface area contributed by atoms with Crippen molar-refractivity contribution in [3.8, 4) is 6.07 Å². The third-order valence-electron chi connectivity index (χ3n) is 5.86. The molecule has 2 aliphatic heterocycles. The number of piperazine rings is 1. The molecule has 0 aliphatic carbocycles. The molecule has 2 fully saturated rings. The summed E-state index contributed by atoms with van der Waals surface area (Å²) in [4.78, 5) is 56.3. The number of nitriles is 1. The van der Waals surface area contributed by atoms with Crippen LogP contribution in [0.5, 0.6) is 0 Å². The Labute approximate surface area is 188 Å². The lowest BCUT2D eigenvalue weighted by molar-refractivity contribution is -0.153. The number of carbonyl (C=O) groups is 4. The van der Waals surface area contributed by atoms with Crippen molar-refractivity contribution < 1.29 is 19.2 Å². The molecule has 9 nitrogen and oxygen atoms in total. The quantitative estimate of drug-likeness (QED) is 0.615. The Morgan fingerprint density at radius 2 is 1.38 bits per heavy atom. The average Bonchev–Trinajstić information content (AvgIpc) is 3.37. The summed E-state index contributed by atoms with van der Waals surface area (Å²) in [7, 11) is 0. The Morgan fingerprint density at radius 3 is 1.97 bits per heavy atom. The van der Waals surface area contributed by atoms with Crippen LogP contribution in [0.25, 0.3) is 0 Å². The highest BCUT2D eigenvalue weighted by Crippen LogP contribution is 2.16. The van der Waals surface area contributed by atoms with Gasteiger partial charge in [0.25, 0.3) is 0 Å². The third kappa shape index (κ3) is 5.84. The van der Waals surface area contributed by atoms with Gasteiger partial charge in [-0.25, -0.2) is 0 Å². The zero-order valence-corrected chi connectivity index (χ0v) is 18.2. The summed E-state index contributed by atoms with van der Waals surface area (Å²) >= 11 is 0. The van der Waals surface area contributed by atoms with Gasteiger partial charge in [0.05, 0.1) is 12.5 Å². The summed E-state index contributed by atoms with van der Waals surface area (Å²) in [6.45, 7) is 2.87. The molecule has 2 heterocycles. The molecular formula is C23H29N5O4. The first-order valence-corrected chi connectivity index (χ1v) is 11.1. The van der Waals surface area contributed by atoms with Gasteiger partial charge in [-0.1, -0.05) is 18.2 Å². The monoisotopic (exact) mass is 439 g/mol. The van der Waals surface area contributed by atoms with Crippen LogP contribution >= 0.6 is 0 Å². The third-order valence-corrected chi connectivity index (χ3v) is 5.86. The second kappa shape index (κ2) is 11.3. The van der Waals surface area contributed by atoms with Crippen LogP contribution < -0.4 is 4.90 Å². The van der Waals surface area contributed by atoms with Crippen molar-refractivity contribution in [2.75, 3.05) is 50.7 Å². The van der Waals surface area contributed by atoms with Crippen LogP contribution in [0, 0.1) is 11.3 Å². The van der Waals surface area contributed by atoms with Crippen LogP contribution in [0.15, 0.2) is 30.3 Å². The maximum Gasteiger partial charge on any atom is 0.312 e. The van der Waals surface area contributed by atoms with Gasteiger partial charge < -0.3 is 19.6 Å². The van der Waals surface area contributed by atoms with Gasteiger partial charge in [-0.15, -0.1) is 0 Å². The molecular weight excluding hydrogens is 410 g/mol. The predicted molar refractivity (Wildman–Crippen MR) is 117 cm³/mol. The van der Waals surface area contributed by atoms with Crippen molar-refractivity contribution in [3.05, 3.63) is 30.3 Å². The lowest BCUT2D eigenvalue weighted by Gasteiger charge is -2.35. The molecule has 0 atom stereocenters. The van der Waals surface area contributed by atoms with Gasteiger partial charge in [-0.2, -0.15) is 5.26 Å². The van der Waals surface area contributed by atoms with Gasteiger partial charge in [0, 0.05) is 64.3 Å². The highest BCUT2D eigenvalue weighted by atomic mass is 16.2. The average molecular weight is 440 g/mol. The molecule has 0 spiro atoms. The fourth-order valence-electron chi connectivity index (χ4n) is 4.02. The fraction of sp³-hybridized carbons (Fsp3) is 0.522. The topological polar surface area (TPSA) is 105 Å². The molecule has 1 aromatic carbocycles. The second-order valence-electron chi connectivity index (χ2n) is 7.96. The molecule has 32 heavy (non-hydrogen) atoms. The maximum absolute atomic E-state index is 12.7. The van der Waals surface area contributed by atoms with E-state index in [1.807, 2.05) is 18.2 Å². The molecule has 0 N–H and O–H groups in total. The van der Waals surface area contributed by atoms with E-state index in [-0.39, 0.29) is 37.6 Å². The Kier molecular flexibility index (Phi) is 8.20. The lowest BCUT2D eigenvalue weighted by atomic mass is 10.2. The van der Waals surface area contributed by atoms with Gasteiger partial charge in [0.1, 0.15) is 0 Å². The van der Waals surface area contributed by atoms with Gasteiger partial charge in [-0.3, -0.25) is 19.2 Å². The Balaban J connectivity index is 1.47. The number of nitrogens with zero attached hydrogens (tertiary/aromatic N) is 5. The number of rotatable bonds is 6. The van der Waals surface area contributed by atoms with E-state index in [4.69, 9.17) is 5.26 Å². The first-order chi connectivity index (χ1) is 15.5. The molecule has 0 bridgehead atoms. The normalized spacial score (nSPS) is 15.9. The first kappa shape index (κ1) is 23.3. The van der Waals surface area contributed by atoms with Crippen molar-refractivity contribution in [3.63, 3.8) is 0 Å². The van der Waals surface area contributed by atoms with Crippen LogP contribution in [0.1, 0.15) is 32.1 Å². The SMILES string of the molecule is N#CCCN(C(=O)CCC(=O)N1CCN(C(=O)C(=O)N2CCCC2)CC1)c1ccccc1. The summed E-state index contributed by atoms with van der Waals surface area (Å²) in [5.41, 5.74) is 0.704. The molecule has 4 amide bonds. The van der Waals surface area contributed by atoms with Crippen LogP contribution in [-0.2, 0) is 19.2 Å². The Morgan fingerprint density at radius 1 is 0.812 bits per heavy atom. The number of anilines is 1. The number of para-hydroxylation sites is 1. The zero-order chi connectivity index (χ0) is 22.9. The van der Waals surface area contributed by atoms with Crippen molar-refractivity contribution in [2.24, 2.45) is 0 Å². The molecule has 1 aromatic rings. The summed E-state index contributed by atoms with van der Waals surface area (Å²) in [6.07, 6.45) is 2.18. The standard InChI is InChI=1S/C23H29N5O4/c24-11-6-14-28(19-7-2-1-3-8-19)21(30)10-9-20(29)25-15-17-27(18-16-25)23(32)22(31)26-12-4-5-13-26/h1-3,7-8H,4-6,9-10,12-18H2. The van der Waals surface area contributed by atoms with Crippen LogP contribution in [0.2, 0.25) is 0 Å². The molecule has 0 aromatic heterocycles. The number of amides is 4. The number of likely N-dealkylation sites (tertiary alicyclic amines) is 1. The minimum absolute atomic E-state index is 0.0474. The number of benzene rings is 1. The van der Waals surface area contributed by atoms with Gasteiger partial charge in [0.15, 0.2) is 0 Å². The molecule has 0 unspecified atom stereocenters. The van der Waals surface area contributed by atoms with Gasteiger partial charge in [0.2, 0.25) is 11.8 Å². The van der Waals surface area contributed by atoms with Gasteiger partial charge in [-0.05, 0) is 25.0 Å². The fourth-order valence-corrected chi connectivity index (χ4v) is 4.02. The Hall–Kier alpha value is -3.41. The number of hydrogen-bond donors (Lipinski definition) is 0. The number of hydrogen-bond acceptors (Lipinski definition) is 5. The predicted octanol–water partition coefficient (Wildman–Crippen LogP) is 1.01. The van der Waals surface area contributed by atoms with Crippen LogP contribution in [0.4, 0.5) is 5.69 Å². The molecule has 9 heteroatoms. The second-order valence-corrected chi connectivity index (χ2v) is 7.96. The molecule has 2 aliphatic rings. The Bertz CT molecular complexity index is 868. The largest absolute Gasteiger partial charge is 0.339 e. The van der Waals surface area contributed by atoms with E-state index in [0.717, 1.165) is 12.8 Å².